The maximum Gasteiger partial charge on any atom is 0.348 e. The molecule has 0 aliphatic rings. The van der Waals surface area contributed by atoms with Gasteiger partial charge in [-0.2, -0.15) is 5.26 Å². The van der Waals surface area contributed by atoms with Gasteiger partial charge in [0.1, 0.15) is 6.07 Å². The van der Waals surface area contributed by atoms with Gasteiger partial charge in [-0.1, -0.05) is 44.2 Å². The van der Waals surface area contributed by atoms with Gasteiger partial charge >= 0.3 is 5.97 Å². The van der Waals surface area contributed by atoms with Gasteiger partial charge < -0.3 is 10.4 Å². The van der Waals surface area contributed by atoms with Crippen molar-refractivity contribution in [2.75, 3.05) is 6.54 Å². The van der Waals surface area contributed by atoms with Crippen LogP contribution in [0.2, 0.25) is 0 Å². The topological polar surface area (TPSA) is 73.1 Å². The second-order valence-corrected chi connectivity index (χ2v) is 5.03. The van der Waals surface area contributed by atoms with Crippen molar-refractivity contribution < 1.29 is 9.90 Å². The van der Waals surface area contributed by atoms with Crippen molar-refractivity contribution in [2.24, 2.45) is 5.92 Å². The van der Waals surface area contributed by atoms with Crippen molar-refractivity contribution in [1.29, 1.82) is 5.26 Å². The minimum absolute atomic E-state index is 0.188. The molecule has 0 unspecified atom stereocenters. The second-order valence-electron chi connectivity index (χ2n) is 5.03. The average Bonchev–Trinajstić information content (AvgIpc) is 2.39. The van der Waals surface area contributed by atoms with E-state index >= 15 is 0 Å². The molecule has 4 heteroatoms. The van der Waals surface area contributed by atoms with Crippen molar-refractivity contribution in [1.82, 2.24) is 5.32 Å². The number of hydrogen-bond acceptors (Lipinski definition) is 3. The summed E-state index contributed by atoms with van der Waals surface area (Å²) in [6.07, 6.45) is 1.35. The van der Waals surface area contributed by atoms with Crippen LogP contribution in [-0.4, -0.2) is 17.6 Å². The molecule has 1 rings (SSSR count). The van der Waals surface area contributed by atoms with Gasteiger partial charge in [0.15, 0.2) is 5.57 Å². The zero-order chi connectivity index (χ0) is 15.0. The third kappa shape index (κ3) is 5.15. The first-order valence-corrected chi connectivity index (χ1v) is 6.69. The molecule has 0 atom stereocenters. The maximum atomic E-state index is 11.1. The number of nitrogens with one attached hydrogen (secondary N) is 1. The first-order chi connectivity index (χ1) is 9.54. The highest BCUT2D eigenvalue weighted by molar-refractivity contribution is 5.91. The Morgan fingerprint density at radius 3 is 2.50 bits per heavy atom. The average molecular weight is 272 g/mol. The molecule has 0 aliphatic heterocycles. The molecule has 0 heterocycles. The third-order valence-electron chi connectivity index (χ3n) is 2.83. The van der Waals surface area contributed by atoms with E-state index in [4.69, 9.17) is 10.4 Å². The predicted molar refractivity (Wildman–Crippen MR) is 77.9 cm³/mol. The minimum Gasteiger partial charge on any atom is -0.477 e. The van der Waals surface area contributed by atoms with Crippen molar-refractivity contribution >= 4 is 5.97 Å². The Hall–Kier alpha value is -2.28. The number of carbonyl (C=O) groups is 1. The van der Waals surface area contributed by atoms with Gasteiger partial charge in [-0.25, -0.2) is 4.79 Å². The van der Waals surface area contributed by atoms with Gasteiger partial charge in [-0.3, -0.25) is 0 Å². The molecule has 0 saturated heterocycles. The molecular formula is C16H20N2O2. The summed E-state index contributed by atoms with van der Waals surface area (Å²) in [5.74, 6) is -0.882. The number of carboxylic acids is 1. The van der Waals surface area contributed by atoms with E-state index in [0.717, 1.165) is 6.42 Å². The van der Waals surface area contributed by atoms with Crippen molar-refractivity contribution in [3.63, 3.8) is 0 Å². The Balaban J connectivity index is 2.71. The fourth-order valence-electron chi connectivity index (χ4n) is 1.92. The van der Waals surface area contributed by atoms with E-state index in [1.165, 1.54) is 5.56 Å². The molecule has 0 spiro atoms. The highest BCUT2D eigenvalue weighted by atomic mass is 16.4. The van der Waals surface area contributed by atoms with Crippen LogP contribution < -0.4 is 5.32 Å². The zero-order valence-electron chi connectivity index (χ0n) is 11.9. The number of aliphatic carboxylic acids is 1. The standard InChI is InChI=1S/C16H20N2O2/c1-12(2)10-15(14(11-17)16(19)20)18-9-8-13-6-4-3-5-7-13/h3-7,12,18H,8-10H2,1-2H3,(H,19,20). The highest BCUT2D eigenvalue weighted by Crippen LogP contribution is 2.13. The fourth-order valence-corrected chi connectivity index (χ4v) is 1.92. The van der Waals surface area contributed by atoms with Crippen molar-refractivity contribution in [2.45, 2.75) is 26.7 Å². The Morgan fingerprint density at radius 2 is 2.00 bits per heavy atom. The molecule has 0 aromatic heterocycles. The van der Waals surface area contributed by atoms with Crippen LogP contribution in [0, 0.1) is 17.2 Å². The van der Waals surface area contributed by atoms with E-state index in [1.54, 1.807) is 6.07 Å². The zero-order valence-corrected chi connectivity index (χ0v) is 11.9. The molecule has 4 nitrogen and oxygen atoms in total. The number of allylic oxidation sites excluding steroid dienone is 1. The molecule has 106 valence electrons. The summed E-state index contributed by atoms with van der Waals surface area (Å²) < 4.78 is 0. The van der Waals surface area contributed by atoms with E-state index in [-0.39, 0.29) is 11.5 Å². The monoisotopic (exact) mass is 272 g/mol. The molecule has 1 aromatic rings. The lowest BCUT2D eigenvalue weighted by Gasteiger charge is -2.14. The van der Waals surface area contributed by atoms with Crippen LogP contribution >= 0.6 is 0 Å². The van der Waals surface area contributed by atoms with E-state index in [0.29, 0.717) is 18.7 Å². The van der Waals surface area contributed by atoms with E-state index in [2.05, 4.69) is 5.32 Å². The summed E-state index contributed by atoms with van der Waals surface area (Å²) in [7, 11) is 0. The van der Waals surface area contributed by atoms with Crippen molar-refractivity contribution in [3.8, 4) is 6.07 Å². The molecule has 0 bridgehead atoms. The fraction of sp³-hybridized carbons (Fsp3) is 0.375. The van der Waals surface area contributed by atoms with Crippen LogP contribution in [0.5, 0.6) is 0 Å². The Bertz CT molecular complexity index is 513. The number of nitrogens with zero attached hydrogens (tertiary/aromatic N) is 1. The van der Waals surface area contributed by atoms with E-state index in [1.807, 2.05) is 44.2 Å². The quantitative estimate of drug-likeness (QED) is 0.591. The first-order valence-electron chi connectivity index (χ1n) is 6.69. The second kappa shape index (κ2) is 8.00. The van der Waals surface area contributed by atoms with Crippen molar-refractivity contribution in [3.05, 3.63) is 47.2 Å². The van der Waals surface area contributed by atoms with Crippen LogP contribution in [0.25, 0.3) is 0 Å². The lowest BCUT2D eigenvalue weighted by Crippen LogP contribution is -2.22. The molecule has 0 aliphatic carbocycles. The molecule has 0 radical (unpaired) electrons. The van der Waals surface area contributed by atoms with Crippen LogP contribution in [-0.2, 0) is 11.2 Å². The normalized spacial score (nSPS) is 11.7. The number of benzene rings is 1. The summed E-state index contributed by atoms with van der Waals surface area (Å²) >= 11 is 0. The van der Waals surface area contributed by atoms with Crippen LogP contribution in [0.3, 0.4) is 0 Å². The highest BCUT2D eigenvalue weighted by Gasteiger charge is 2.15. The van der Waals surface area contributed by atoms with Gasteiger partial charge in [-0.05, 0) is 24.3 Å². The van der Waals surface area contributed by atoms with E-state index in [9.17, 15) is 4.79 Å². The number of carboxylic acid groups (broad SMARTS) is 1. The van der Waals surface area contributed by atoms with Crippen LogP contribution in [0.1, 0.15) is 25.8 Å². The lowest BCUT2D eigenvalue weighted by molar-refractivity contribution is -0.132. The summed E-state index contributed by atoms with van der Waals surface area (Å²) in [5, 5.41) is 21.1. The molecule has 2 N–H and O–H groups in total. The van der Waals surface area contributed by atoms with Gasteiger partial charge in [0.2, 0.25) is 0 Å². The van der Waals surface area contributed by atoms with Gasteiger partial charge in [0.05, 0.1) is 0 Å². The third-order valence-corrected chi connectivity index (χ3v) is 2.83. The van der Waals surface area contributed by atoms with Gasteiger partial charge in [0.25, 0.3) is 0 Å². The largest absolute Gasteiger partial charge is 0.477 e. The minimum atomic E-state index is -1.17. The van der Waals surface area contributed by atoms with E-state index < -0.39 is 5.97 Å². The van der Waals surface area contributed by atoms with Gasteiger partial charge in [0, 0.05) is 12.2 Å². The van der Waals surface area contributed by atoms with Gasteiger partial charge in [-0.15, -0.1) is 0 Å². The molecule has 20 heavy (non-hydrogen) atoms. The van der Waals surface area contributed by atoms with Crippen LogP contribution in [0.15, 0.2) is 41.6 Å². The first kappa shape index (κ1) is 15.8. The Labute approximate surface area is 119 Å². The van der Waals surface area contributed by atoms with Crippen LogP contribution in [0.4, 0.5) is 0 Å². The molecule has 1 aromatic carbocycles. The number of hydrogen-bond donors (Lipinski definition) is 2. The molecule has 0 fully saturated rings. The number of nitriles is 1. The number of rotatable bonds is 7. The predicted octanol–water partition coefficient (Wildman–Crippen LogP) is 2.73. The Morgan fingerprint density at radius 1 is 1.35 bits per heavy atom. The Kier molecular flexibility index (Phi) is 6.31. The summed E-state index contributed by atoms with van der Waals surface area (Å²) in [4.78, 5) is 11.1. The summed E-state index contributed by atoms with van der Waals surface area (Å²) in [6, 6.07) is 11.7. The lowest BCUT2D eigenvalue weighted by atomic mass is 10.0. The summed E-state index contributed by atoms with van der Waals surface area (Å²) in [5.41, 5.74) is 1.51. The smallest absolute Gasteiger partial charge is 0.348 e. The SMILES string of the molecule is CC(C)CC(NCCc1ccccc1)=C(C#N)C(=O)O. The maximum absolute atomic E-state index is 11.1. The summed E-state index contributed by atoms with van der Waals surface area (Å²) in [6.45, 7) is 4.61. The molecule has 0 saturated carbocycles. The molecule has 0 amide bonds. The molecular weight excluding hydrogens is 252 g/mol.